The molecule has 0 radical (unpaired) electrons. The zero-order valence-electron chi connectivity index (χ0n) is 19.0. The van der Waals surface area contributed by atoms with Crippen molar-refractivity contribution in [1.82, 2.24) is 14.6 Å². The molecule has 33 heavy (non-hydrogen) atoms. The molecule has 2 aromatic heterocycles. The zero-order chi connectivity index (χ0) is 24.0. The first-order valence-electron chi connectivity index (χ1n) is 11.1. The number of carbonyl (C=O) groups excluding carboxylic acids is 2. The van der Waals surface area contributed by atoms with Crippen LogP contribution in [0.2, 0.25) is 0 Å². The maximum Gasteiger partial charge on any atom is 0.412 e. The van der Waals surface area contributed by atoms with Crippen molar-refractivity contribution in [1.29, 1.82) is 5.26 Å². The van der Waals surface area contributed by atoms with E-state index in [1.807, 2.05) is 6.07 Å². The van der Waals surface area contributed by atoms with E-state index >= 15 is 0 Å². The summed E-state index contributed by atoms with van der Waals surface area (Å²) in [5.74, 6) is -0.331. The van der Waals surface area contributed by atoms with Gasteiger partial charge < -0.3 is 19.3 Å². The molecule has 2 N–H and O–H groups in total. The average molecular weight is 460 g/mol. The Morgan fingerprint density at radius 2 is 2.12 bits per heavy atom. The Kier molecular flexibility index (Phi) is 7.84. The SMILES string of the molecule is CCCCCCOC(=O)Nc1ncnn2c([C@]3(C#N)O[C@H](C)[C@@H](OC(=O)CC)[C@H]3O)ccc12. The Hall–Kier alpha value is -3.23. The van der Waals surface area contributed by atoms with Gasteiger partial charge in [0.25, 0.3) is 0 Å². The molecule has 0 aliphatic carbocycles. The van der Waals surface area contributed by atoms with Crippen LogP contribution >= 0.6 is 0 Å². The first-order valence-corrected chi connectivity index (χ1v) is 11.1. The molecule has 1 saturated heterocycles. The Morgan fingerprint density at radius 3 is 2.82 bits per heavy atom. The highest BCUT2D eigenvalue weighted by molar-refractivity contribution is 5.88. The number of amides is 1. The summed E-state index contributed by atoms with van der Waals surface area (Å²) in [5, 5.41) is 27.7. The summed E-state index contributed by atoms with van der Waals surface area (Å²) in [6.45, 7) is 5.65. The number of anilines is 1. The van der Waals surface area contributed by atoms with Crippen molar-refractivity contribution >= 4 is 23.4 Å². The van der Waals surface area contributed by atoms with Gasteiger partial charge in [-0.15, -0.1) is 0 Å². The molecular weight excluding hydrogens is 430 g/mol. The molecule has 3 rings (SSSR count). The third-order valence-corrected chi connectivity index (χ3v) is 5.57. The van der Waals surface area contributed by atoms with Gasteiger partial charge in [-0.05, 0) is 25.5 Å². The fourth-order valence-electron chi connectivity index (χ4n) is 3.81. The van der Waals surface area contributed by atoms with Crippen molar-refractivity contribution in [3.05, 3.63) is 24.2 Å². The maximum atomic E-state index is 12.2. The number of fused-ring (bicyclic) bond motifs is 1. The molecule has 0 aromatic carbocycles. The highest BCUT2D eigenvalue weighted by atomic mass is 16.6. The molecule has 4 atom stereocenters. The van der Waals surface area contributed by atoms with Crippen LogP contribution in [-0.4, -0.2) is 56.7 Å². The summed E-state index contributed by atoms with van der Waals surface area (Å²) in [5.41, 5.74) is -1.24. The fraction of sp³-hybridized carbons (Fsp3) is 0.591. The minimum Gasteiger partial charge on any atom is -0.457 e. The van der Waals surface area contributed by atoms with Crippen molar-refractivity contribution in [3.8, 4) is 6.07 Å². The van der Waals surface area contributed by atoms with E-state index in [1.54, 1.807) is 26.0 Å². The molecular formula is C22H29N5O6. The minimum atomic E-state index is -1.84. The Balaban J connectivity index is 1.83. The molecule has 3 heterocycles. The van der Waals surface area contributed by atoms with Gasteiger partial charge in [0.1, 0.15) is 24.0 Å². The number of esters is 1. The Labute approximate surface area is 191 Å². The second kappa shape index (κ2) is 10.6. The van der Waals surface area contributed by atoms with Crippen LogP contribution in [0.4, 0.5) is 10.6 Å². The van der Waals surface area contributed by atoms with E-state index in [4.69, 9.17) is 14.2 Å². The smallest absolute Gasteiger partial charge is 0.412 e. The Morgan fingerprint density at radius 1 is 1.33 bits per heavy atom. The number of aliphatic hydroxyl groups is 1. The zero-order valence-corrected chi connectivity index (χ0v) is 19.0. The van der Waals surface area contributed by atoms with E-state index in [-0.39, 0.29) is 17.9 Å². The standard InChI is InChI=1S/C22H29N5O6/c1-4-6-7-8-11-31-21(30)26-20-15-9-10-16(27(15)25-13-24-20)22(12-23)19(29)18(14(3)33-22)32-17(28)5-2/h9-10,13-14,18-19,29H,4-8,11H2,1-3H3,(H,24,25,26,30)/t14-,18-,19-,22+/m1/s1. The van der Waals surface area contributed by atoms with Crippen LogP contribution < -0.4 is 5.32 Å². The molecule has 0 saturated carbocycles. The van der Waals surface area contributed by atoms with Gasteiger partial charge in [0.2, 0.25) is 5.60 Å². The number of rotatable bonds is 9. The second-order valence-corrected chi connectivity index (χ2v) is 7.87. The number of ether oxygens (including phenoxy) is 3. The lowest BCUT2D eigenvalue weighted by atomic mass is 9.92. The summed E-state index contributed by atoms with van der Waals surface area (Å²) in [4.78, 5) is 28.0. The number of nitriles is 1. The summed E-state index contributed by atoms with van der Waals surface area (Å²) < 4.78 is 17.7. The summed E-state index contributed by atoms with van der Waals surface area (Å²) in [6, 6.07) is 5.17. The molecule has 1 aliphatic heterocycles. The van der Waals surface area contributed by atoms with Crippen molar-refractivity contribution in [2.24, 2.45) is 0 Å². The number of unbranched alkanes of at least 4 members (excludes halogenated alkanes) is 3. The predicted octanol–water partition coefficient (Wildman–Crippen LogP) is 2.68. The number of nitrogens with zero attached hydrogens (tertiary/aromatic N) is 4. The van der Waals surface area contributed by atoms with Crippen molar-refractivity contribution in [2.75, 3.05) is 11.9 Å². The van der Waals surface area contributed by atoms with E-state index in [9.17, 15) is 20.0 Å². The van der Waals surface area contributed by atoms with Gasteiger partial charge in [0, 0.05) is 6.42 Å². The predicted molar refractivity (Wildman–Crippen MR) is 116 cm³/mol. The van der Waals surface area contributed by atoms with Gasteiger partial charge in [-0.25, -0.2) is 14.3 Å². The molecule has 1 aliphatic rings. The molecule has 178 valence electrons. The molecule has 11 heteroatoms. The lowest BCUT2D eigenvalue weighted by Gasteiger charge is -2.24. The van der Waals surface area contributed by atoms with E-state index in [2.05, 4.69) is 22.3 Å². The van der Waals surface area contributed by atoms with Crippen molar-refractivity contribution in [3.63, 3.8) is 0 Å². The van der Waals surface area contributed by atoms with Crippen LogP contribution in [0.25, 0.3) is 5.52 Å². The molecule has 0 spiro atoms. The summed E-state index contributed by atoms with van der Waals surface area (Å²) in [6.07, 6.45) is 1.40. The molecule has 1 amide bonds. The van der Waals surface area contributed by atoms with Gasteiger partial charge in [-0.3, -0.25) is 10.1 Å². The van der Waals surface area contributed by atoms with Crippen LogP contribution in [0, 0.1) is 11.3 Å². The molecule has 1 fully saturated rings. The van der Waals surface area contributed by atoms with Crippen molar-refractivity contribution < 1.29 is 28.9 Å². The molecule has 2 aromatic rings. The van der Waals surface area contributed by atoms with Crippen LogP contribution in [0.1, 0.15) is 58.6 Å². The van der Waals surface area contributed by atoms with Crippen LogP contribution in [0.5, 0.6) is 0 Å². The normalized spacial score (nSPS) is 24.4. The van der Waals surface area contributed by atoms with Gasteiger partial charge in [0.05, 0.1) is 18.4 Å². The molecule has 0 bridgehead atoms. The van der Waals surface area contributed by atoms with E-state index < -0.39 is 36.0 Å². The van der Waals surface area contributed by atoms with Crippen molar-refractivity contribution in [2.45, 2.75) is 76.8 Å². The first-order chi connectivity index (χ1) is 15.9. The lowest BCUT2D eigenvalue weighted by molar-refractivity contribution is -0.154. The largest absolute Gasteiger partial charge is 0.457 e. The summed E-state index contributed by atoms with van der Waals surface area (Å²) in [7, 11) is 0. The number of nitrogens with one attached hydrogen (secondary N) is 1. The second-order valence-electron chi connectivity index (χ2n) is 7.87. The van der Waals surface area contributed by atoms with Gasteiger partial charge in [-0.1, -0.05) is 33.1 Å². The maximum absolute atomic E-state index is 12.2. The fourth-order valence-corrected chi connectivity index (χ4v) is 3.81. The van der Waals surface area contributed by atoms with Crippen LogP contribution in [-0.2, 0) is 24.6 Å². The number of hydrogen-bond donors (Lipinski definition) is 2. The van der Waals surface area contributed by atoms with E-state index in [0.717, 1.165) is 25.7 Å². The number of carbonyl (C=O) groups is 2. The van der Waals surface area contributed by atoms with Gasteiger partial charge >= 0.3 is 12.1 Å². The Bertz CT molecular complexity index is 1030. The summed E-state index contributed by atoms with van der Waals surface area (Å²) >= 11 is 0. The lowest BCUT2D eigenvalue weighted by Crippen LogP contribution is -2.42. The van der Waals surface area contributed by atoms with E-state index in [1.165, 1.54) is 10.8 Å². The quantitative estimate of drug-likeness (QED) is 0.426. The highest BCUT2D eigenvalue weighted by Gasteiger charge is 2.58. The minimum absolute atomic E-state index is 0.126. The van der Waals surface area contributed by atoms with Gasteiger partial charge in [0.15, 0.2) is 11.9 Å². The molecule has 11 nitrogen and oxygen atoms in total. The molecule has 0 unspecified atom stereocenters. The number of aliphatic hydroxyl groups excluding tert-OH is 1. The average Bonchev–Trinajstić information content (AvgIpc) is 3.34. The number of aromatic nitrogens is 3. The topological polar surface area (TPSA) is 148 Å². The van der Waals surface area contributed by atoms with Crippen LogP contribution in [0.3, 0.4) is 0 Å². The van der Waals surface area contributed by atoms with E-state index in [0.29, 0.717) is 12.1 Å². The third kappa shape index (κ3) is 4.91. The third-order valence-electron chi connectivity index (χ3n) is 5.57. The number of hydrogen-bond acceptors (Lipinski definition) is 9. The van der Waals surface area contributed by atoms with Crippen LogP contribution in [0.15, 0.2) is 18.5 Å². The highest BCUT2D eigenvalue weighted by Crippen LogP contribution is 2.41. The van der Waals surface area contributed by atoms with Gasteiger partial charge in [-0.2, -0.15) is 10.4 Å². The first kappa shape index (κ1) is 24.4. The monoisotopic (exact) mass is 459 g/mol.